The molecular weight excluding hydrogens is 373 g/mol. The third-order valence-corrected chi connectivity index (χ3v) is 5.63. The Morgan fingerprint density at radius 2 is 1.89 bits per heavy atom. The van der Waals surface area contributed by atoms with Crippen LogP contribution in [0.25, 0.3) is 0 Å². The fourth-order valence-corrected chi connectivity index (χ4v) is 3.78. The highest BCUT2D eigenvalue weighted by Gasteiger charge is 2.32. The lowest BCUT2D eigenvalue weighted by atomic mass is 9.94. The van der Waals surface area contributed by atoms with Gasteiger partial charge >= 0.3 is 0 Å². The molecule has 2 amide bonds. The number of amides is 2. The van der Waals surface area contributed by atoms with Gasteiger partial charge in [-0.25, -0.2) is 4.39 Å². The molecular formula is C19H25ClFN3O3. The quantitative estimate of drug-likeness (QED) is 0.847. The van der Waals surface area contributed by atoms with Crippen LogP contribution in [0.3, 0.4) is 0 Å². The zero-order valence-corrected chi connectivity index (χ0v) is 16.2. The standard InChI is InChI=1S/C19H25ClFN3O3/c1-13(18(25)22-17-3-2-15(21)12-16(17)20)23-6-4-14(5-7-23)19(26)24-8-10-27-11-9-24/h2-3,12-14H,4-11H2,1H3,(H,22,25). The second-order valence-corrected chi connectivity index (χ2v) is 7.44. The van der Waals surface area contributed by atoms with E-state index in [-0.39, 0.29) is 28.8 Å². The molecule has 2 heterocycles. The molecule has 0 spiro atoms. The van der Waals surface area contributed by atoms with Crippen LogP contribution in [-0.4, -0.2) is 67.0 Å². The number of ether oxygens (including phenoxy) is 1. The van der Waals surface area contributed by atoms with Gasteiger partial charge in [0.2, 0.25) is 11.8 Å². The van der Waals surface area contributed by atoms with Crippen LogP contribution < -0.4 is 5.32 Å². The number of likely N-dealkylation sites (tertiary alicyclic amines) is 1. The van der Waals surface area contributed by atoms with Crippen LogP contribution in [-0.2, 0) is 14.3 Å². The number of morpholine rings is 1. The van der Waals surface area contributed by atoms with Crippen LogP contribution in [0, 0.1) is 11.7 Å². The van der Waals surface area contributed by atoms with Crippen molar-refractivity contribution in [2.24, 2.45) is 5.92 Å². The smallest absolute Gasteiger partial charge is 0.241 e. The van der Waals surface area contributed by atoms with Crippen molar-refractivity contribution in [1.29, 1.82) is 0 Å². The van der Waals surface area contributed by atoms with Gasteiger partial charge < -0.3 is 15.0 Å². The lowest BCUT2D eigenvalue weighted by Crippen LogP contribution is -2.50. The van der Waals surface area contributed by atoms with Crippen molar-refractivity contribution in [2.75, 3.05) is 44.7 Å². The minimum Gasteiger partial charge on any atom is -0.378 e. The molecule has 27 heavy (non-hydrogen) atoms. The van der Waals surface area contributed by atoms with Gasteiger partial charge in [-0.3, -0.25) is 14.5 Å². The Bertz CT molecular complexity index is 689. The summed E-state index contributed by atoms with van der Waals surface area (Å²) in [6, 6.07) is 3.53. The first-order chi connectivity index (χ1) is 13.0. The number of halogens is 2. The predicted octanol–water partition coefficient (Wildman–Crippen LogP) is 2.38. The van der Waals surface area contributed by atoms with Crippen LogP contribution in [0.15, 0.2) is 18.2 Å². The van der Waals surface area contributed by atoms with Crippen molar-refractivity contribution in [3.05, 3.63) is 29.0 Å². The molecule has 0 aliphatic carbocycles. The second-order valence-electron chi connectivity index (χ2n) is 7.04. The van der Waals surface area contributed by atoms with Crippen LogP contribution in [0.5, 0.6) is 0 Å². The molecule has 2 fully saturated rings. The maximum atomic E-state index is 13.1. The van der Waals surface area contributed by atoms with E-state index in [2.05, 4.69) is 10.2 Å². The van der Waals surface area contributed by atoms with E-state index in [0.29, 0.717) is 45.1 Å². The van der Waals surface area contributed by atoms with E-state index in [9.17, 15) is 14.0 Å². The van der Waals surface area contributed by atoms with Crippen LogP contribution in [0.4, 0.5) is 10.1 Å². The molecule has 3 rings (SSSR count). The molecule has 1 aromatic rings. The number of rotatable bonds is 4. The van der Waals surface area contributed by atoms with Crippen LogP contribution in [0.1, 0.15) is 19.8 Å². The largest absolute Gasteiger partial charge is 0.378 e. The summed E-state index contributed by atoms with van der Waals surface area (Å²) in [6.07, 6.45) is 1.48. The minimum atomic E-state index is -0.446. The van der Waals surface area contributed by atoms with E-state index in [1.165, 1.54) is 18.2 Å². The number of hydrogen-bond acceptors (Lipinski definition) is 4. The summed E-state index contributed by atoms with van der Waals surface area (Å²) < 4.78 is 18.4. The van der Waals surface area contributed by atoms with Gasteiger partial charge in [-0.1, -0.05) is 11.6 Å². The molecule has 6 nitrogen and oxygen atoms in total. The molecule has 0 radical (unpaired) electrons. The van der Waals surface area contributed by atoms with Crippen molar-refractivity contribution in [3.8, 4) is 0 Å². The number of benzene rings is 1. The van der Waals surface area contributed by atoms with E-state index >= 15 is 0 Å². The first kappa shape index (κ1) is 20.0. The summed E-state index contributed by atoms with van der Waals surface area (Å²) in [5.41, 5.74) is 0.396. The van der Waals surface area contributed by atoms with Crippen molar-refractivity contribution in [2.45, 2.75) is 25.8 Å². The number of nitrogens with zero attached hydrogens (tertiary/aromatic N) is 2. The highest BCUT2D eigenvalue weighted by molar-refractivity contribution is 6.33. The second kappa shape index (κ2) is 8.99. The SMILES string of the molecule is CC(C(=O)Nc1ccc(F)cc1Cl)N1CCC(C(=O)N2CCOCC2)CC1. The Morgan fingerprint density at radius 1 is 1.22 bits per heavy atom. The van der Waals surface area contributed by atoms with Crippen molar-refractivity contribution in [1.82, 2.24) is 9.80 Å². The van der Waals surface area contributed by atoms with Gasteiger partial charge in [0.1, 0.15) is 5.82 Å². The number of carbonyl (C=O) groups is 2. The summed E-state index contributed by atoms with van der Waals surface area (Å²) in [4.78, 5) is 29.1. The Morgan fingerprint density at radius 3 is 2.52 bits per heavy atom. The fourth-order valence-electron chi connectivity index (χ4n) is 3.57. The van der Waals surface area contributed by atoms with E-state index in [4.69, 9.17) is 16.3 Å². The molecule has 1 N–H and O–H groups in total. The molecule has 1 unspecified atom stereocenters. The maximum Gasteiger partial charge on any atom is 0.241 e. The summed E-state index contributed by atoms with van der Waals surface area (Å²) in [5.74, 6) is -0.422. The fraction of sp³-hybridized carbons (Fsp3) is 0.579. The number of piperidine rings is 1. The number of carbonyl (C=O) groups excluding carboxylic acids is 2. The summed E-state index contributed by atoms with van der Waals surface area (Å²) in [6.45, 7) is 5.74. The summed E-state index contributed by atoms with van der Waals surface area (Å²) in [7, 11) is 0. The highest BCUT2D eigenvalue weighted by atomic mass is 35.5. The monoisotopic (exact) mass is 397 g/mol. The van der Waals surface area contributed by atoms with Gasteiger partial charge in [0.25, 0.3) is 0 Å². The normalized spacial score (nSPS) is 20.3. The molecule has 0 saturated carbocycles. The van der Waals surface area contributed by atoms with Gasteiger partial charge in [0.15, 0.2) is 0 Å². The van der Waals surface area contributed by atoms with E-state index in [1.807, 2.05) is 11.8 Å². The summed E-state index contributed by atoms with van der Waals surface area (Å²) >= 11 is 5.97. The Kier molecular flexibility index (Phi) is 6.68. The first-order valence-electron chi connectivity index (χ1n) is 9.32. The lowest BCUT2D eigenvalue weighted by molar-refractivity contribution is -0.141. The molecule has 2 aliphatic heterocycles. The molecule has 2 saturated heterocycles. The molecule has 1 aromatic carbocycles. The van der Waals surface area contributed by atoms with E-state index < -0.39 is 5.82 Å². The van der Waals surface area contributed by atoms with Crippen molar-refractivity contribution in [3.63, 3.8) is 0 Å². The van der Waals surface area contributed by atoms with Crippen molar-refractivity contribution < 1.29 is 18.7 Å². The molecule has 0 bridgehead atoms. The summed E-state index contributed by atoms with van der Waals surface area (Å²) in [5, 5.41) is 2.92. The number of hydrogen-bond donors (Lipinski definition) is 1. The topological polar surface area (TPSA) is 61.9 Å². The first-order valence-corrected chi connectivity index (χ1v) is 9.70. The third-order valence-electron chi connectivity index (χ3n) is 5.32. The minimum absolute atomic E-state index is 0.0150. The maximum absolute atomic E-state index is 13.1. The van der Waals surface area contributed by atoms with Gasteiger partial charge in [-0.2, -0.15) is 0 Å². The predicted molar refractivity (Wildman–Crippen MR) is 101 cm³/mol. The van der Waals surface area contributed by atoms with Crippen molar-refractivity contribution >= 4 is 29.1 Å². The Hall–Kier alpha value is -1.70. The Balaban J connectivity index is 1.50. The number of anilines is 1. The average Bonchev–Trinajstić information content (AvgIpc) is 2.69. The van der Waals surface area contributed by atoms with E-state index in [0.717, 1.165) is 12.8 Å². The molecule has 0 aromatic heterocycles. The molecule has 1 atom stereocenters. The van der Waals surface area contributed by atoms with Crippen LogP contribution >= 0.6 is 11.6 Å². The zero-order chi connectivity index (χ0) is 19.4. The zero-order valence-electron chi connectivity index (χ0n) is 15.4. The molecule has 148 valence electrons. The van der Waals surface area contributed by atoms with Gasteiger partial charge in [-0.05, 0) is 51.1 Å². The molecule has 2 aliphatic rings. The van der Waals surface area contributed by atoms with E-state index in [1.54, 1.807) is 0 Å². The lowest BCUT2D eigenvalue weighted by Gasteiger charge is -2.37. The number of nitrogens with one attached hydrogen (secondary N) is 1. The van der Waals surface area contributed by atoms with Gasteiger partial charge in [0, 0.05) is 19.0 Å². The highest BCUT2D eigenvalue weighted by Crippen LogP contribution is 2.25. The van der Waals surface area contributed by atoms with Crippen LogP contribution in [0.2, 0.25) is 5.02 Å². The average molecular weight is 398 g/mol. The Labute approximate surface area is 163 Å². The third kappa shape index (κ3) is 4.97. The molecule has 8 heteroatoms. The van der Waals surface area contributed by atoms with Gasteiger partial charge in [-0.15, -0.1) is 0 Å². The van der Waals surface area contributed by atoms with Gasteiger partial charge in [0.05, 0.1) is 30.0 Å².